The largest absolute Gasteiger partial charge is 0.422 e. The number of aliphatic hydroxyl groups excluding tert-OH is 2. The third kappa shape index (κ3) is 3.96. The van der Waals surface area contributed by atoms with Crippen LogP contribution < -0.4 is 5.63 Å². The predicted molar refractivity (Wildman–Crippen MR) is 105 cm³/mol. The minimum Gasteiger partial charge on any atom is -0.422 e. The smallest absolute Gasteiger partial charge is 0.339 e. The maximum Gasteiger partial charge on any atom is 0.339 e. The van der Waals surface area contributed by atoms with Crippen LogP contribution in [0.3, 0.4) is 0 Å². The van der Waals surface area contributed by atoms with Gasteiger partial charge in [-0.05, 0) is 56.0 Å². The number of fused-ring (bicyclic) bond motifs is 3. The lowest BCUT2D eigenvalue weighted by Crippen LogP contribution is -2.35. The Morgan fingerprint density at radius 1 is 1.12 bits per heavy atom. The molecular formula is C20H28ClNO4. The van der Waals surface area contributed by atoms with Gasteiger partial charge in [0.15, 0.2) is 0 Å². The van der Waals surface area contributed by atoms with E-state index >= 15 is 0 Å². The molecule has 0 saturated carbocycles. The molecule has 0 bridgehead atoms. The quantitative estimate of drug-likeness (QED) is 0.752. The number of halogens is 1. The molecule has 2 aromatic rings. The van der Waals surface area contributed by atoms with Crippen molar-refractivity contribution >= 4 is 23.4 Å². The monoisotopic (exact) mass is 381 g/mol. The van der Waals surface area contributed by atoms with Gasteiger partial charge in [0.05, 0.1) is 6.10 Å². The van der Waals surface area contributed by atoms with Gasteiger partial charge in [-0.3, -0.25) is 0 Å². The Hall–Kier alpha value is -1.40. The fourth-order valence-electron chi connectivity index (χ4n) is 3.82. The summed E-state index contributed by atoms with van der Waals surface area (Å²) in [5.41, 5.74) is 2.60. The molecule has 5 nitrogen and oxygen atoms in total. The molecule has 1 heterocycles. The van der Waals surface area contributed by atoms with Crippen LogP contribution in [0.2, 0.25) is 0 Å². The van der Waals surface area contributed by atoms with Gasteiger partial charge in [0.1, 0.15) is 11.7 Å². The number of rotatable bonds is 6. The summed E-state index contributed by atoms with van der Waals surface area (Å²) in [5.74, 6) is 0. The lowest BCUT2D eigenvalue weighted by Gasteiger charge is -2.27. The van der Waals surface area contributed by atoms with Crippen molar-refractivity contribution in [2.24, 2.45) is 0 Å². The summed E-state index contributed by atoms with van der Waals surface area (Å²) in [5, 5.41) is 22.1. The van der Waals surface area contributed by atoms with Crippen LogP contribution in [0.5, 0.6) is 0 Å². The summed E-state index contributed by atoms with van der Waals surface area (Å²) in [6.45, 7) is 6.11. The van der Waals surface area contributed by atoms with E-state index in [2.05, 4.69) is 4.90 Å². The van der Waals surface area contributed by atoms with Gasteiger partial charge in [-0.1, -0.05) is 26.0 Å². The van der Waals surface area contributed by atoms with Crippen molar-refractivity contribution in [3.63, 3.8) is 0 Å². The van der Waals surface area contributed by atoms with Crippen molar-refractivity contribution in [2.75, 3.05) is 19.6 Å². The fourth-order valence-corrected chi connectivity index (χ4v) is 3.82. The van der Waals surface area contributed by atoms with E-state index in [9.17, 15) is 15.0 Å². The van der Waals surface area contributed by atoms with Gasteiger partial charge >= 0.3 is 5.63 Å². The molecule has 1 aromatic carbocycles. The van der Waals surface area contributed by atoms with Crippen LogP contribution in [0.15, 0.2) is 27.4 Å². The van der Waals surface area contributed by atoms with E-state index in [-0.39, 0.29) is 18.0 Å². The highest BCUT2D eigenvalue weighted by molar-refractivity contribution is 5.86. The van der Waals surface area contributed by atoms with Crippen LogP contribution in [0.4, 0.5) is 0 Å². The van der Waals surface area contributed by atoms with E-state index in [0.717, 1.165) is 55.3 Å². The van der Waals surface area contributed by atoms with E-state index < -0.39 is 12.2 Å². The molecule has 0 saturated heterocycles. The Morgan fingerprint density at radius 2 is 1.77 bits per heavy atom. The van der Waals surface area contributed by atoms with Crippen LogP contribution in [-0.4, -0.2) is 40.9 Å². The molecule has 0 fully saturated rings. The van der Waals surface area contributed by atoms with E-state index in [4.69, 9.17) is 4.42 Å². The van der Waals surface area contributed by atoms with Gasteiger partial charge in [0.2, 0.25) is 0 Å². The highest BCUT2D eigenvalue weighted by atomic mass is 35.5. The maximum absolute atomic E-state index is 12.2. The lowest BCUT2D eigenvalue weighted by molar-refractivity contribution is -0.00125. The van der Waals surface area contributed by atoms with Crippen LogP contribution >= 0.6 is 12.4 Å². The molecule has 2 atom stereocenters. The SMILES string of the molecule is CCN(CC)CC(O)C(O)c1cccc2oc(=O)c3c(c12)CCCC3.Cl. The molecule has 6 heteroatoms. The van der Waals surface area contributed by atoms with Gasteiger partial charge in [-0.25, -0.2) is 4.79 Å². The first-order valence-corrected chi connectivity index (χ1v) is 9.22. The van der Waals surface area contributed by atoms with E-state index in [1.165, 1.54) is 0 Å². The third-order valence-corrected chi connectivity index (χ3v) is 5.30. The zero-order valence-electron chi connectivity index (χ0n) is 15.4. The maximum atomic E-state index is 12.2. The Bertz CT molecular complexity index is 800. The number of hydrogen-bond acceptors (Lipinski definition) is 5. The third-order valence-electron chi connectivity index (χ3n) is 5.30. The molecule has 3 rings (SSSR count). The molecule has 1 aliphatic carbocycles. The number of aliphatic hydroxyl groups is 2. The summed E-state index contributed by atoms with van der Waals surface area (Å²) in [6.07, 6.45) is 1.64. The second-order valence-electron chi connectivity index (χ2n) is 6.77. The van der Waals surface area contributed by atoms with E-state index in [1.54, 1.807) is 12.1 Å². The normalized spacial score (nSPS) is 16.2. The Morgan fingerprint density at radius 3 is 2.42 bits per heavy atom. The summed E-state index contributed by atoms with van der Waals surface area (Å²) >= 11 is 0. The number of benzene rings is 1. The van der Waals surface area contributed by atoms with Crippen molar-refractivity contribution in [3.8, 4) is 0 Å². The van der Waals surface area contributed by atoms with Crippen molar-refractivity contribution in [1.82, 2.24) is 4.90 Å². The van der Waals surface area contributed by atoms with E-state index in [1.807, 2.05) is 19.9 Å². The molecule has 2 N–H and O–H groups in total. The second kappa shape index (κ2) is 9.00. The molecule has 0 amide bonds. The average Bonchev–Trinajstić information content (AvgIpc) is 2.65. The molecule has 26 heavy (non-hydrogen) atoms. The molecule has 0 radical (unpaired) electrons. The van der Waals surface area contributed by atoms with Gasteiger partial charge in [0.25, 0.3) is 0 Å². The lowest BCUT2D eigenvalue weighted by atomic mass is 9.87. The molecule has 144 valence electrons. The Balaban J connectivity index is 0.00000243. The molecule has 0 spiro atoms. The first-order valence-electron chi connectivity index (χ1n) is 9.22. The molecular weight excluding hydrogens is 354 g/mol. The first kappa shape index (κ1) is 20.9. The topological polar surface area (TPSA) is 73.9 Å². The van der Waals surface area contributed by atoms with E-state index in [0.29, 0.717) is 17.7 Å². The van der Waals surface area contributed by atoms with Gasteiger partial charge in [-0.15, -0.1) is 12.4 Å². The summed E-state index contributed by atoms with van der Waals surface area (Å²) in [6, 6.07) is 5.36. The van der Waals surface area contributed by atoms with Gasteiger partial charge < -0.3 is 19.5 Å². The van der Waals surface area contributed by atoms with Gasteiger partial charge in [0, 0.05) is 17.5 Å². The predicted octanol–water partition coefficient (Wildman–Crippen LogP) is 2.83. The summed E-state index contributed by atoms with van der Waals surface area (Å²) < 4.78 is 5.50. The van der Waals surface area contributed by atoms with Crippen LogP contribution in [-0.2, 0) is 12.8 Å². The standard InChI is InChI=1S/C20H27NO4.ClH/c1-3-21(4-2)12-16(22)19(23)15-10-7-11-17-18(15)13-8-5-6-9-14(13)20(24)25-17;/h7,10-11,16,19,22-23H,3-6,8-9,12H2,1-2H3;1H. The molecule has 1 aromatic heterocycles. The zero-order chi connectivity index (χ0) is 18.0. The molecule has 0 aliphatic heterocycles. The number of nitrogens with zero attached hydrogens (tertiary/aromatic N) is 1. The highest BCUT2D eigenvalue weighted by Gasteiger charge is 2.26. The van der Waals surface area contributed by atoms with Crippen molar-refractivity contribution in [1.29, 1.82) is 0 Å². The average molecular weight is 382 g/mol. The second-order valence-corrected chi connectivity index (χ2v) is 6.77. The molecule has 2 unspecified atom stereocenters. The van der Waals surface area contributed by atoms with Gasteiger partial charge in [-0.2, -0.15) is 0 Å². The summed E-state index contributed by atoms with van der Waals surface area (Å²) in [7, 11) is 0. The van der Waals surface area contributed by atoms with Crippen molar-refractivity contribution in [3.05, 3.63) is 45.3 Å². The van der Waals surface area contributed by atoms with Crippen LogP contribution in [0, 0.1) is 0 Å². The zero-order valence-corrected chi connectivity index (χ0v) is 16.2. The Kier molecular flexibility index (Phi) is 7.24. The van der Waals surface area contributed by atoms with Crippen LogP contribution in [0.25, 0.3) is 11.0 Å². The minimum absolute atomic E-state index is 0. The summed E-state index contributed by atoms with van der Waals surface area (Å²) in [4.78, 5) is 14.3. The number of likely N-dealkylation sites (N-methyl/N-ethyl adjacent to an activating group) is 1. The van der Waals surface area contributed by atoms with Crippen molar-refractivity contribution < 1.29 is 14.6 Å². The number of hydrogen-bond donors (Lipinski definition) is 2. The van der Waals surface area contributed by atoms with Crippen LogP contribution in [0.1, 0.15) is 49.5 Å². The minimum atomic E-state index is -1.01. The first-order chi connectivity index (χ1) is 12.1. The molecule has 1 aliphatic rings. The Labute approximate surface area is 160 Å². The fraction of sp³-hybridized carbons (Fsp3) is 0.550. The highest BCUT2D eigenvalue weighted by Crippen LogP contribution is 2.33. The number of aryl methyl sites for hydroxylation is 1. The van der Waals surface area contributed by atoms with Crippen molar-refractivity contribution in [2.45, 2.75) is 51.7 Å².